The summed E-state index contributed by atoms with van der Waals surface area (Å²) in [6.45, 7) is 1.82. The van der Waals surface area contributed by atoms with Crippen molar-refractivity contribution in [2.45, 2.75) is 22.0 Å². The van der Waals surface area contributed by atoms with Gasteiger partial charge in [-0.05, 0) is 55.5 Å². The highest BCUT2D eigenvalue weighted by molar-refractivity contribution is 8.00. The Bertz CT molecular complexity index is 1170. The van der Waals surface area contributed by atoms with Crippen molar-refractivity contribution in [3.05, 3.63) is 72.8 Å². The highest BCUT2D eigenvalue weighted by Gasteiger charge is 2.18. The molecule has 0 fully saturated rings. The maximum Gasteiger partial charge on any atom is 0.262 e. The lowest BCUT2D eigenvalue weighted by Gasteiger charge is -2.14. The SMILES string of the molecule is COc1ccc(OC)c(NS(=O)(=O)c2ccc(NC(=O)[C@@H](C)Sc3ccccc3)cc2)c1. The van der Waals surface area contributed by atoms with Crippen molar-refractivity contribution < 1.29 is 22.7 Å². The van der Waals surface area contributed by atoms with Crippen LogP contribution in [0.5, 0.6) is 11.5 Å². The van der Waals surface area contributed by atoms with Crippen molar-refractivity contribution in [2.75, 3.05) is 24.3 Å². The van der Waals surface area contributed by atoms with Crippen LogP contribution in [0.4, 0.5) is 11.4 Å². The topological polar surface area (TPSA) is 93.7 Å². The summed E-state index contributed by atoms with van der Waals surface area (Å²) in [5, 5.41) is 2.50. The van der Waals surface area contributed by atoms with Crippen molar-refractivity contribution in [1.82, 2.24) is 0 Å². The maximum atomic E-state index is 12.8. The predicted octanol–water partition coefficient (Wildman–Crippen LogP) is 4.62. The number of anilines is 2. The molecular formula is C23H24N2O5S2. The van der Waals surface area contributed by atoms with Gasteiger partial charge in [-0.3, -0.25) is 9.52 Å². The van der Waals surface area contributed by atoms with Crippen LogP contribution in [-0.4, -0.2) is 33.8 Å². The summed E-state index contributed by atoms with van der Waals surface area (Å²) in [4.78, 5) is 13.5. The van der Waals surface area contributed by atoms with Gasteiger partial charge in [0, 0.05) is 16.6 Å². The molecule has 7 nitrogen and oxygen atoms in total. The van der Waals surface area contributed by atoms with E-state index in [0.29, 0.717) is 17.2 Å². The highest BCUT2D eigenvalue weighted by atomic mass is 32.2. The van der Waals surface area contributed by atoms with Crippen LogP contribution in [-0.2, 0) is 14.8 Å². The van der Waals surface area contributed by atoms with Crippen LogP contribution in [0.1, 0.15) is 6.92 Å². The quantitative estimate of drug-likeness (QED) is 0.441. The Hall–Kier alpha value is -3.17. The van der Waals surface area contributed by atoms with Gasteiger partial charge in [0.2, 0.25) is 5.91 Å². The molecule has 2 N–H and O–H groups in total. The highest BCUT2D eigenvalue weighted by Crippen LogP contribution is 2.31. The molecule has 0 aliphatic rings. The third kappa shape index (κ3) is 5.95. The fourth-order valence-electron chi connectivity index (χ4n) is 2.82. The number of ether oxygens (including phenoxy) is 2. The second-order valence-corrected chi connectivity index (χ2v) is 9.86. The zero-order valence-corrected chi connectivity index (χ0v) is 19.5. The van der Waals surface area contributed by atoms with Crippen LogP contribution in [0.2, 0.25) is 0 Å². The molecule has 3 rings (SSSR count). The molecule has 0 aliphatic carbocycles. The van der Waals surface area contributed by atoms with Crippen LogP contribution in [0.15, 0.2) is 82.6 Å². The lowest BCUT2D eigenvalue weighted by atomic mass is 10.3. The number of sulfonamides is 1. The van der Waals surface area contributed by atoms with Crippen molar-refractivity contribution in [3.63, 3.8) is 0 Å². The molecule has 0 saturated heterocycles. The Morgan fingerprint density at radius 2 is 1.62 bits per heavy atom. The first-order valence-corrected chi connectivity index (χ1v) is 12.1. The summed E-state index contributed by atoms with van der Waals surface area (Å²) in [6.07, 6.45) is 0. The van der Waals surface area contributed by atoms with Crippen molar-refractivity contribution in [2.24, 2.45) is 0 Å². The minimum Gasteiger partial charge on any atom is -0.497 e. The molecule has 1 atom stereocenters. The van der Waals surface area contributed by atoms with E-state index >= 15 is 0 Å². The number of thioether (sulfide) groups is 1. The lowest BCUT2D eigenvalue weighted by molar-refractivity contribution is -0.115. The zero-order valence-electron chi connectivity index (χ0n) is 17.9. The summed E-state index contributed by atoms with van der Waals surface area (Å²) in [5.74, 6) is 0.681. The second-order valence-electron chi connectivity index (χ2n) is 6.76. The zero-order chi connectivity index (χ0) is 23.1. The average molecular weight is 473 g/mol. The maximum absolute atomic E-state index is 12.8. The van der Waals surface area contributed by atoms with Crippen molar-refractivity contribution in [1.29, 1.82) is 0 Å². The monoisotopic (exact) mass is 472 g/mol. The number of nitrogens with one attached hydrogen (secondary N) is 2. The summed E-state index contributed by atoms with van der Waals surface area (Å²) in [5.41, 5.74) is 0.768. The minimum absolute atomic E-state index is 0.0482. The van der Waals surface area contributed by atoms with Gasteiger partial charge in [0.25, 0.3) is 10.0 Å². The molecular weight excluding hydrogens is 448 g/mol. The van der Waals surface area contributed by atoms with E-state index in [1.165, 1.54) is 44.2 Å². The molecule has 3 aromatic rings. The summed E-state index contributed by atoms with van der Waals surface area (Å²) in [7, 11) is -0.931. The molecule has 0 bridgehead atoms. The van der Waals surface area contributed by atoms with E-state index in [2.05, 4.69) is 10.0 Å². The van der Waals surface area contributed by atoms with E-state index in [0.717, 1.165) is 4.90 Å². The molecule has 0 unspecified atom stereocenters. The Morgan fingerprint density at radius 1 is 0.938 bits per heavy atom. The van der Waals surface area contributed by atoms with E-state index in [9.17, 15) is 13.2 Å². The normalized spacial score (nSPS) is 12.0. The van der Waals surface area contributed by atoms with E-state index < -0.39 is 10.0 Å². The number of benzene rings is 3. The summed E-state index contributed by atoms with van der Waals surface area (Å²) in [6, 6.07) is 20.4. The van der Waals surface area contributed by atoms with E-state index in [1.54, 1.807) is 24.3 Å². The number of hydrogen-bond donors (Lipinski definition) is 2. The van der Waals surface area contributed by atoms with E-state index in [-0.39, 0.29) is 21.7 Å². The third-order valence-corrected chi connectivity index (χ3v) is 7.00. The Kier molecular flexibility index (Phi) is 7.66. The van der Waals surface area contributed by atoms with Crippen LogP contribution in [0.3, 0.4) is 0 Å². The average Bonchev–Trinajstić information content (AvgIpc) is 2.79. The molecule has 0 saturated carbocycles. The van der Waals surface area contributed by atoms with Crippen LogP contribution in [0.25, 0.3) is 0 Å². The molecule has 168 valence electrons. The fourth-order valence-corrected chi connectivity index (χ4v) is 4.77. The van der Waals surface area contributed by atoms with E-state index in [1.807, 2.05) is 37.3 Å². The van der Waals surface area contributed by atoms with Crippen molar-refractivity contribution in [3.8, 4) is 11.5 Å². The molecule has 32 heavy (non-hydrogen) atoms. The number of carbonyl (C=O) groups excluding carboxylic acids is 1. The number of amides is 1. The summed E-state index contributed by atoms with van der Waals surface area (Å²) >= 11 is 1.45. The van der Waals surface area contributed by atoms with Gasteiger partial charge in [0.15, 0.2) is 0 Å². The lowest BCUT2D eigenvalue weighted by Crippen LogP contribution is -2.22. The van der Waals surface area contributed by atoms with Crippen LogP contribution in [0, 0.1) is 0 Å². The molecule has 0 radical (unpaired) electrons. The van der Waals surface area contributed by atoms with Gasteiger partial charge in [-0.25, -0.2) is 8.42 Å². The molecule has 0 aliphatic heterocycles. The van der Waals surface area contributed by atoms with Gasteiger partial charge >= 0.3 is 0 Å². The minimum atomic E-state index is -3.88. The number of hydrogen-bond acceptors (Lipinski definition) is 6. The molecule has 3 aromatic carbocycles. The van der Waals surface area contributed by atoms with E-state index in [4.69, 9.17) is 9.47 Å². The summed E-state index contributed by atoms with van der Waals surface area (Å²) < 4.78 is 38.5. The second kappa shape index (κ2) is 10.4. The molecule has 9 heteroatoms. The number of rotatable bonds is 9. The first-order chi connectivity index (χ1) is 15.3. The Morgan fingerprint density at radius 3 is 2.25 bits per heavy atom. The smallest absolute Gasteiger partial charge is 0.262 e. The predicted molar refractivity (Wildman–Crippen MR) is 127 cm³/mol. The van der Waals surface area contributed by atoms with Crippen LogP contribution < -0.4 is 19.5 Å². The van der Waals surface area contributed by atoms with Gasteiger partial charge in [0.05, 0.1) is 30.1 Å². The number of carbonyl (C=O) groups is 1. The fraction of sp³-hybridized carbons (Fsp3) is 0.174. The van der Waals surface area contributed by atoms with Gasteiger partial charge in [-0.15, -0.1) is 11.8 Å². The van der Waals surface area contributed by atoms with Crippen molar-refractivity contribution >= 4 is 39.1 Å². The first-order valence-electron chi connectivity index (χ1n) is 9.70. The molecule has 0 aromatic heterocycles. The Labute approximate surface area is 192 Å². The van der Waals surface area contributed by atoms with Crippen LogP contribution >= 0.6 is 11.8 Å². The van der Waals surface area contributed by atoms with Gasteiger partial charge < -0.3 is 14.8 Å². The largest absolute Gasteiger partial charge is 0.497 e. The Balaban J connectivity index is 1.68. The van der Waals surface area contributed by atoms with Gasteiger partial charge in [0.1, 0.15) is 11.5 Å². The molecule has 1 amide bonds. The molecule has 0 heterocycles. The first kappa shape index (κ1) is 23.5. The van der Waals surface area contributed by atoms with Gasteiger partial charge in [-0.1, -0.05) is 18.2 Å². The van der Waals surface area contributed by atoms with Gasteiger partial charge in [-0.2, -0.15) is 0 Å². The molecule has 0 spiro atoms. The third-order valence-electron chi connectivity index (χ3n) is 4.51. The number of methoxy groups -OCH3 is 2. The standard InChI is InChI=1S/C23H24N2O5S2/c1-16(31-19-7-5-4-6-8-19)23(26)24-17-9-12-20(13-10-17)32(27,28)25-21-15-18(29-2)11-14-22(21)30-3/h4-16,25H,1-3H3,(H,24,26)/t16-/m1/s1.